The summed E-state index contributed by atoms with van der Waals surface area (Å²) >= 11 is 0. The van der Waals surface area contributed by atoms with E-state index in [-0.39, 0.29) is 0 Å². The third kappa shape index (κ3) is 1.33. The fourth-order valence-corrected chi connectivity index (χ4v) is 1.87. The van der Waals surface area contributed by atoms with Crippen LogP contribution >= 0.6 is 0 Å². The lowest BCUT2D eigenvalue weighted by atomic mass is 9.75. The van der Waals surface area contributed by atoms with E-state index in [0.717, 1.165) is 19.3 Å². The Morgan fingerprint density at radius 1 is 1.64 bits per heavy atom. The van der Waals surface area contributed by atoms with Gasteiger partial charge in [0.25, 0.3) is 0 Å². The first kappa shape index (κ1) is 9.61. The standard InChI is InChI=1S/C9H15N3O2/c1-12-6-7(10-11-12)8(13)9(14-2)4-3-5-9/h6,8,13H,3-5H2,1-2H3. The van der Waals surface area contributed by atoms with E-state index in [0.29, 0.717) is 5.69 Å². The minimum atomic E-state index is -0.657. The van der Waals surface area contributed by atoms with E-state index >= 15 is 0 Å². The van der Waals surface area contributed by atoms with Crippen LogP contribution in [0.4, 0.5) is 0 Å². The van der Waals surface area contributed by atoms with Crippen molar-refractivity contribution >= 4 is 0 Å². The van der Waals surface area contributed by atoms with Gasteiger partial charge in [-0.1, -0.05) is 5.21 Å². The first-order valence-corrected chi connectivity index (χ1v) is 4.77. The number of nitrogens with zero attached hydrogens (tertiary/aromatic N) is 3. The van der Waals surface area contributed by atoms with E-state index in [1.54, 1.807) is 25.0 Å². The number of aryl methyl sites for hydroxylation is 1. The summed E-state index contributed by atoms with van der Waals surface area (Å²) in [4.78, 5) is 0. The molecule has 1 fully saturated rings. The van der Waals surface area contributed by atoms with Crippen LogP contribution in [0.25, 0.3) is 0 Å². The monoisotopic (exact) mass is 197 g/mol. The molecule has 0 aromatic carbocycles. The Kier molecular flexibility index (Phi) is 2.28. The van der Waals surface area contributed by atoms with Crippen molar-refractivity contribution in [3.8, 4) is 0 Å². The molecule has 1 aliphatic rings. The molecule has 1 aromatic rings. The maximum absolute atomic E-state index is 10.1. The number of rotatable bonds is 3. The van der Waals surface area contributed by atoms with Gasteiger partial charge in [0.1, 0.15) is 11.8 Å². The highest BCUT2D eigenvalue weighted by molar-refractivity contribution is 5.09. The van der Waals surface area contributed by atoms with Crippen molar-refractivity contribution in [1.82, 2.24) is 15.0 Å². The summed E-state index contributed by atoms with van der Waals surface area (Å²) in [6.07, 6.45) is 3.95. The van der Waals surface area contributed by atoms with Crippen LogP contribution in [0.5, 0.6) is 0 Å². The van der Waals surface area contributed by atoms with E-state index in [4.69, 9.17) is 4.74 Å². The third-order valence-electron chi connectivity index (χ3n) is 3.01. The average Bonchev–Trinajstić information content (AvgIpc) is 2.50. The summed E-state index contributed by atoms with van der Waals surface area (Å²) in [7, 11) is 3.42. The molecule has 0 aliphatic heterocycles. The molecule has 1 unspecified atom stereocenters. The number of hydrogen-bond acceptors (Lipinski definition) is 4. The van der Waals surface area contributed by atoms with Crippen LogP contribution in [0.15, 0.2) is 6.20 Å². The molecular formula is C9H15N3O2. The number of aromatic nitrogens is 3. The quantitative estimate of drug-likeness (QED) is 0.762. The topological polar surface area (TPSA) is 60.2 Å². The Morgan fingerprint density at radius 2 is 2.36 bits per heavy atom. The summed E-state index contributed by atoms with van der Waals surface area (Å²) in [5.74, 6) is 0. The van der Waals surface area contributed by atoms with Crippen molar-refractivity contribution in [2.24, 2.45) is 7.05 Å². The van der Waals surface area contributed by atoms with Gasteiger partial charge in [0.15, 0.2) is 0 Å². The first-order valence-electron chi connectivity index (χ1n) is 4.77. The molecule has 1 N–H and O–H groups in total. The summed E-state index contributed by atoms with van der Waals surface area (Å²) in [6.45, 7) is 0. The number of hydrogen-bond donors (Lipinski definition) is 1. The van der Waals surface area contributed by atoms with Gasteiger partial charge in [0, 0.05) is 14.2 Å². The summed E-state index contributed by atoms with van der Waals surface area (Å²) in [5.41, 5.74) is 0.171. The molecule has 1 atom stereocenters. The maximum atomic E-state index is 10.1. The van der Waals surface area contributed by atoms with Gasteiger partial charge < -0.3 is 9.84 Å². The largest absolute Gasteiger partial charge is 0.384 e. The van der Waals surface area contributed by atoms with Crippen molar-refractivity contribution in [3.63, 3.8) is 0 Å². The van der Waals surface area contributed by atoms with Gasteiger partial charge in [-0.05, 0) is 19.3 Å². The van der Waals surface area contributed by atoms with Gasteiger partial charge in [-0.25, -0.2) is 0 Å². The molecule has 1 aliphatic carbocycles. The SMILES string of the molecule is COC1(C(O)c2cn(C)nn2)CCC1. The Hall–Kier alpha value is -0.940. The van der Waals surface area contributed by atoms with Crippen LogP contribution in [0.2, 0.25) is 0 Å². The zero-order valence-electron chi connectivity index (χ0n) is 8.47. The van der Waals surface area contributed by atoms with Crippen molar-refractivity contribution in [2.75, 3.05) is 7.11 Å². The fraction of sp³-hybridized carbons (Fsp3) is 0.778. The lowest BCUT2D eigenvalue weighted by Crippen LogP contribution is -2.45. The number of methoxy groups -OCH3 is 1. The van der Waals surface area contributed by atoms with Crippen molar-refractivity contribution in [3.05, 3.63) is 11.9 Å². The highest BCUT2D eigenvalue weighted by Crippen LogP contribution is 2.44. The van der Waals surface area contributed by atoms with Crippen LogP contribution in [0, 0.1) is 0 Å². The molecule has 1 aromatic heterocycles. The lowest BCUT2D eigenvalue weighted by Gasteiger charge is -2.43. The predicted molar refractivity (Wildman–Crippen MR) is 49.6 cm³/mol. The van der Waals surface area contributed by atoms with E-state index < -0.39 is 11.7 Å². The molecule has 2 rings (SSSR count). The number of aliphatic hydroxyl groups excluding tert-OH is 1. The van der Waals surface area contributed by atoms with Gasteiger partial charge in [-0.15, -0.1) is 5.10 Å². The second-order valence-electron chi connectivity index (χ2n) is 3.84. The van der Waals surface area contributed by atoms with Gasteiger partial charge in [-0.3, -0.25) is 4.68 Å². The summed E-state index contributed by atoms with van der Waals surface area (Å²) < 4.78 is 6.96. The van der Waals surface area contributed by atoms with Gasteiger partial charge in [0.2, 0.25) is 0 Å². The highest BCUT2D eigenvalue weighted by Gasteiger charge is 2.45. The molecule has 78 valence electrons. The Balaban J connectivity index is 2.18. The zero-order chi connectivity index (χ0) is 10.2. The second kappa shape index (κ2) is 3.33. The van der Waals surface area contributed by atoms with E-state index in [9.17, 15) is 5.11 Å². The molecule has 5 nitrogen and oxygen atoms in total. The summed E-state index contributed by atoms with van der Waals surface area (Å²) in [5, 5.41) is 17.8. The Bertz CT molecular complexity index is 314. The molecule has 0 spiro atoms. The van der Waals surface area contributed by atoms with E-state index in [1.807, 2.05) is 0 Å². The molecule has 0 amide bonds. The van der Waals surface area contributed by atoms with Gasteiger partial charge in [-0.2, -0.15) is 0 Å². The number of aliphatic hydroxyl groups is 1. The molecule has 0 bridgehead atoms. The normalized spacial score (nSPS) is 21.6. The third-order valence-corrected chi connectivity index (χ3v) is 3.01. The van der Waals surface area contributed by atoms with Crippen LogP contribution in [0.3, 0.4) is 0 Å². The fourth-order valence-electron chi connectivity index (χ4n) is 1.87. The van der Waals surface area contributed by atoms with Crippen LogP contribution in [-0.4, -0.2) is 32.8 Å². The summed E-state index contributed by atoms with van der Waals surface area (Å²) in [6, 6.07) is 0. The Labute approximate surface area is 82.7 Å². The first-order chi connectivity index (χ1) is 6.68. The zero-order valence-corrected chi connectivity index (χ0v) is 8.47. The average molecular weight is 197 g/mol. The van der Waals surface area contributed by atoms with Crippen LogP contribution in [-0.2, 0) is 11.8 Å². The number of ether oxygens (including phenoxy) is 1. The second-order valence-corrected chi connectivity index (χ2v) is 3.84. The van der Waals surface area contributed by atoms with Gasteiger partial charge >= 0.3 is 0 Å². The predicted octanol–water partition coefficient (Wildman–Crippen LogP) is 0.418. The molecule has 1 saturated carbocycles. The lowest BCUT2D eigenvalue weighted by molar-refractivity contribution is -0.153. The van der Waals surface area contributed by atoms with Crippen molar-refractivity contribution < 1.29 is 9.84 Å². The van der Waals surface area contributed by atoms with Crippen LogP contribution in [0.1, 0.15) is 31.1 Å². The van der Waals surface area contributed by atoms with Crippen molar-refractivity contribution in [1.29, 1.82) is 0 Å². The Morgan fingerprint density at radius 3 is 2.71 bits per heavy atom. The van der Waals surface area contributed by atoms with Crippen molar-refractivity contribution in [2.45, 2.75) is 31.0 Å². The highest BCUT2D eigenvalue weighted by atomic mass is 16.5. The van der Waals surface area contributed by atoms with Crippen LogP contribution < -0.4 is 0 Å². The molecule has 5 heteroatoms. The minimum Gasteiger partial charge on any atom is -0.384 e. The molecule has 0 radical (unpaired) electrons. The smallest absolute Gasteiger partial charge is 0.128 e. The molecule has 14 heavy (non-hydrogen) atoms. The minimum absolute atomic E-state index is 0.421. The van der Waals surface area contributed by atoms with E-state index in [2.05, 4.69) is 10.3 Å². The van der Waals surface area contributed by atoms with Gasteiger partial charge in [0.05, 0.1) is 11.8 Å². The molecule has 1 heterocycles. The molecule has 0 saturated heterocycles. The maximum Gasteiger partial charge on any atom is 0.128 e. The van der Waals surface area contributed by atoms with E-state index in [1.165, 1.54) is 0 Å². The molecular weight excluding hydrogens is 182 g/mol.